The first-order chi connectivity index (χ1) is 21.4. The van der Waals surface area contributed by atoms with Gasteiger partial charge in [0.05, 0.1) is 21.4 Å². The summed E-state index contributed by atoms with van der Waals surface area (Å²) in [5.41, 5.74) is 6.95. The minimum absolute atomic E-state index is 0.123. The van der Waals surface area contributed by atoms with Gasteiger partial charge in [0.25, 0.3) is 0 Å². The smallest absolute Gasteiger partial charge is 0.220 e. The molecule has 0 spiro atoms. The first-order valence-corrected chi connectivity index (χ1v) is 15.7. The van der Waals surface area contributed by atoms with Gasteiger partial charge in [-0.2, -0.15) is 0 Å². The van der Waals surface area contributed by atoms with E-state index in [1.807, 2.05) is 73.1 Å². The molecule has 10 heteroatoms. The van der Waals surface area contributed by atoms with Crippen molar-refractivity contribution in [2.75, 3.05) is 13.1 Å². The van der Waals surface area contributed by atoms with Gasteiger partial charge < -0.3 is 21.3 Å². The molecule has 2 fully saturated rings. The average Bonchev–Trinajstić information content (AvgIpc) is 3.65. The van der Waals surface area contributed by atoms with Crippen molar-refractivity contribution in [1.82, 2.24) is 31.2 Å². The van der Waals surface area contributed by atoms with Crippen LogP contribution in [0.1, 0.15) is 36.8 Å². The SMILES string of the molecule is O=C1CC[C@@H](CNCc2ccc(-c3cccc(-c4cccc(-c5ccc(CNC[C@@H]6CCC(=O)N6)cn5)c4Cl)c3Cl)nc2)N1. The predicted molar refractivity (Wildman–Crippen MR) is 174 cm³/mol. The van der Waals surface area contributed by atoms with Crippen LogP contribution >= 0.6 is 23.2 Å². The standard InChI is InChI=1S/C34H34Cl2N6O2/c35-33-25(3-1-5-27(33)29-11-7-21(17-39-29)15-37-19-23-9-13-31(43)41-23)26-4-2-6-28(34(26)36)30-12-8-22(18-40-30)16-38-20-24-10-14-32(44)42-24/h1-8,11-12,17-18,23-24,37-38H,9-10,13-16,19-20H2,(H,41,43)(H,42,44)/t23-,24-/m0/s1. The van der Waals surface area contributed by atoms with E-state index in [0.29, 0.717) is 36.0 Å². The summed E-state index contributed by atoms with van der Waals surface area (Å²) in [6, 6.07) is 20.2. The molecule has 0 unspecified atom stereocenters. The number of amides is 2. The summed E-state index contributed by atoms with van der Waals surface area (Å²) < 4.78 is 0. The minimum atomic E-state index is 0.123. The molecule has 2 aliphatic rings. The molecule has 2 amide bonds. The Labute approximate surface area is 267 Å². The lowest BCUT2D eigenvalue weighted by atomic mass is 9.98. The highest BCUT2D eigenvalue weighted by atomic mass is 35.5. The first-order valence-electron chi connectivity index (χ1n) is 14.9. The summed E-state index contributed by atoms with van der Waals surface area (Å²) >= 11 is 14.0. The summed E-state index contributed by atoms with van der Waals surface area (Å²) in [5, 5.41) is 13.9. The summed E-state index contributed by atoms with van der Waals surface area (Å²) in [6.07, 6.45) is 6.65. The van der Waals surface area contributed by atoms with E-state index in [-0.39, 0.29) is 23.9 Å². The third-order valence-electron chi connectivity index (χ3n) is 8.10. The van der Waals surface area contributed by atoms with Gasteiger partial charge in [0.2, 0.25) is 11.8 Å². The maximum absolute atomic E-state index is 11.4. The van der Waals surface area contributed by atoms with Crippen LogP contribution in [0, 0.1) is 0 Å². The van der Waals surface area contributed by atoms with Crippen LogP contribution in [0.2, 0.25) is 10.0 Å². The van der Waals surface area contributed by atoms with Crippen LogP contribution in [0.5, 0.6) is 0 Å². The number of benzene rings is 2. The van der Waals surface area contributed by atoms with E-state index < -0.39 is 0 Å². The Morgan fingerprint density at radius 2 is 1.07 bits per heavy atom. The van der Waals surface area contributed by atoms with Crippen LogP contribution in [0.25, 0.3) is 33.6 Å². The molecule has 2 aliphatic heterocycles. The monoisotopic (exact) mass is 628 g/mol. The van der Waals surface area contributed by atoms with E-state index in [1.54, 1.807) is 0 Å². The molecule has 0 aliphatic carbocycles. The second-order valence-electron chi connectivity index (χ2n) is 11.3. The predicted octanol–water partition coefficient (Wildman–Crippen LogP) is 5.52. The van der Waals surface area contributed by atoms with Gasteiger partial charge in [-0.3, -0.25) is 19.6 Å². The Hall–Kier alpha value is -3.82. The zero-order chi connectivity index (χ0) is 30.5. The normalized spacial score (nSPS) is 18.0. The highest BCUT2D eigenvalue weighted by molar-refractivity contribution is 6.39. The van der Waals surface area contributed by atoms with Crippen molar-refractivity contribution in [3.63, 3.8) is 0 Å². The number of pyridine rings is 2. The molecular formula is C34H34Cl2N6O2. The Balaban J connectivity index is 1.13. The molecule has 226 valence electrons. The number of carbonyl (C=O) groups is 2. The number of nitrogens with one attached hydrogen (secondary N) is 4. The van der Waals surface area contributed by atoms with Crippen LogP contribution in [0.4, 0.5) is 0 Å². The molecular weight excluding hydrogens is 595 g/mol. The lowest BCUT2D eigenvalue weighted by Gasteiger charge is -2.14. The fraction of sp³-hybridized carbons (Fsp3) is 0.294. The molecule has 0 saturated carbocycles. The highest BCUT2D eigenvalue weighted by Crippen LogP contribution is 2.41. The number of aromatic nitrogens is 2. The number of hydrogen-bond acceptors (Lipinski definition) is 6. The van der Waals surface area contributed by atoms with Crippen molar-refractivity contribution in [1.29, 1.82) is 0 Å². The van der Waals surface area contributed by atoms with Crippen LogP contribution in [-0.2, 0) is 22.7 Å². The van der Waals surface area contributed by atoms with Crippen molar-refractivity contribution in [2.45, 2.75) is 50.9 Å². The molecule has 8 nitrogen and oxygen atoms in total. The lowest BCUT2D eigenvalue weighted by Crippen LogP contribution is -2.35. The third-order valence-corrected chi connectivity index (χ3v) is 8.91. The Morgan fingerprint density at radius 3 is 1.43 bits per heavy atom. The van der Waals surface area contributed by atoms with Crippen molar-refractivity contribution >= 4 is 35.0 Å². The van der Waals surface area contributed by atoms with E-state index in [9.17, 15) is 9.59 Å². The topological polar surface area (TPSA) is 108 Å². The Morgan fingerprint density at radius 1 is 0.636 bits per heavy atom. The fourth-order valence-corrected chi connectivity index (χ4v) is 6.34. The summed E-state index contributed by atoms with van der Waals surface area (Å²) in [7, 11) is 0. The average molecular weight is 630 g/mol. The van der Waals surface area contributed by atoms with Gasteiger partial charge in [-0.15, -0.1) is 0 Å². The number of halogens is 2. The van der Waals surface area contributed by atoms with Crippen molar-refractivity contribution in [3.8, 4) is 33.6 Å². The molecule has 4 heterocycles. The molecule has 6 rings (SSSR count). The van der Waals surface area contributed by atoms with E-state index in [4.69, 9.17) is 23.2 Å². The van der Waals surface area contributed by atoms with E-state index >= 15 is 0 Å². The maximum Gasteiger partial charge on any atom is 0.220 e. The van der Waals surface area contributed by atoms with Crippen LogP contribution in [-0.4, -0.2) is 47.0 Å². The van der Waals surface area contributed by atoms with Gasteiger partial charge in [0, 0.05) is 85.8 Å². The van der Waals surface area contributed by atoms with Crippen LogP contribution < -0.4 is 21.3 Å². The fourth-order valence-electron chi connectivity index (χ4n) is 5.69. The second kappa shape index (κ2) is 13.9. The number of carbonyl (C=O) groups excluding carboxylic acids is 2. The lowest BCUT2D eigenvalue weighted by molar-refractivity contribution is -0.120. The highest BCUT2D eigenvalue weighted by Gasteiger charge is 2.21. The maximum atomic E-state index is 11.4. The van der Waals surface area contributed by atoms with Gasteiger partial charge in [-0.05, 0) is 36.1 Å². The van der Waals surface area contributed by atoms with Gasteiger partial charge >= 0.3 is 0 Å². The number of rotatable bonds is 11. The first kappa shape index (κ1) is 30.2. The summed E-state index contributed by atoms with van der Waals surface area (Å²) in [5.74, 6) is 0.247. The molecule has 2 saturated heterocycles. The van der Waals surface area contributed by atoms with E-state index in [0.717, 1.165) is 70.7 Å². The molecule has 44 heavy (non-hydrogen) atoms. The van der Waals surface area contributed by atoms with Gasteiger partial charge in [-0.1, -0.05) is 71.7 Å². The zero-order valence-electron chi connectivity index (χ0n) is 24.2. The van der Waals surface area contributed by atoms with Crippen molar-refractivity contribution in [3.05, 3.63) is 94.2 Å². The van der Waals surface area contributed by atoms with Gasteiger partial charge in [0.1, 0.15) is 0 Å². The Bertz CT molecular complexity index is 1520. The largest absolute Gasteiger partial charge is 0.352 e. The molecule has 0 bridgehead atoms. The van der Waals surface area contributed by atoms with E-state index in [1.165, 1.54) is 0 Å². The molecule has 2 atom stereocenters. The van der Waals surface area contributed by atoms with Crippen molar-refractivity contribution < 1.29 is 9.59 Å². The summed E-state index contributed by atoms with van der Waals surface area (Å²) in [6.45, 7) is 2.81. The molecule has 2 aromatic carbocycles. The third kappa shape index (κ3) is 7.11. The Kier molecular flexibility index (Phi) is 9.52. The molecule has 4 aromatic rings. The van der Waals surface area contributed by atoms with Crippen LogP contribution in [0.15, 0.2) is 73.1 Å². The van der Waals surface area contributed by atoms with E-state index in [2.05, 4.69) is 31.2 Å². The second-order valence-corrected chi connectivity index (χ2v) is 12.1. The molecule has 0 radical (unpaired) electrons. The quantitative estimate of drug-likeness (QED) is 0.174. The van der Waals surface area contributed by atoms with Crippen LogP contribution in [0.3, 0.4) is 0 Å². The van der Waals surface area contributed by atoms with Crippen molar-refractivity contribution in [2.24, 2.45) is 0 Å². The minimum Gasteiger partial charge on any atom is -0.352 e. The van der Waals surface area contributed by atoms with Gasteiger partial charge in [-0.25, -0.2) is 0 Å². The number of nitrogens with zero attached hydrogens (tertiary/aromatic N) is 2. The van der Waals surface area contributed by atoms with Gasteiger partial charge in [0.15, 0.2) is 0 Å². The molecule has 2 aromatic heterocycles. The zero-order valence-corrected chi connectivity index (χ0v) is 25.7. The summed E-state index contributed by atoms with van der Waals surface area (Å²) in [4.78, 5) is 32.2. The number of hydrogen-bond donors (Lipinski definition) is 4. The molecule has 4 N–H and O–H groups in total.